The van der Waals surface area contributed by atoms with Gasteiger partial charge in [0, 0.05) is 29.6 Å². The maximum atomic E-state index is 13.2. The molecule has 1 atom stereocenters. The number of halogens is 1. The van der Waals surface area contributed by atoms with Crippen molar-refractivity contribution in [3.63, 3.8) is 0 Å². The highest BCUT2D eigenvalue weighted by Crippen LogP contribution is 2.29. The summed E-state index contributed by atoms with van der Waals surface area (Å²) in [5.41, 5.74) is 2.84. The van der Waals surface area contributed by atoms with Crippen molar-refractivity contribution in [2.45, 2.75) is 37.0 Å². The zero-order valence-corrected chi connectivity index (χ0v) is 20.3. The van der Waals surface area contributed by atoms with E-state index in [0.717, 1.165) is 21.8 Å². The van der Waals surface area contributed by atoms with Gasteiger partial charge in [0.1, 0.15) is 11.9 Å². The van der Waals surface area contributed by atoms with Gasteiger partial charge in [-0.1, -0.05) is 18.2 Å². The number of thioether (sulfide) groups is 1. The quantitative estimate of drug-likeness (QED) is 0.529. The molecular weight excluding hydrogens is 467 g/mol. The van der Waals surface area contributed by atoms with E-state index in [1.54, 1.807) is 35.1 Å². The van der Waals surface area contributed by atoms with Gasteiger partial charge in [-0.05, 0) is 55.0 Å². The van der Waals surface area contributed by atoms with Gasteiger partial charge in [0.05, 0.1) is 25.2 Å². The van der Waals surface area contributed by atoms with Crippen molar-refractivity contribution in [3.05, 3.63) is 77.6 Å². The lowest BCUT2D eigenvalue weighted by Gasteiger charge is -2.31. The van der Waals surface area contributed by atoms with Crippen molar-refractivity contribution in [2.75, 3.05) is 24.7 Å². The van der Waals surface area contributed by atoms with Gasteiger partial charge in [-0.2, -0.15) is 0 Å². The summed E-state index contributed by atoms with van der Waals surface area (Å²) in [6.45, 7) is 1.79. The molecule has 3 aromatic rings. The number of imidazole rings is 1. The molecule has 0 radical (unpaired) electrons. The number of carbonyl (C=O) groups excluding carboxylic acids is 2. The molecule has 1 saturated heterocycles. The van der Waals surface area contributed by atoms with Crippen LogP contribution in [0.1, 0.15) is 40.7 Å². The first-order valence-corrected chi connectivity index (χ1v) is 12.9. The van der Waals surface area contributed by atoms with Crippen molar-refractivity contribution < 1.29 is 18.7 Å². The number of hydrogen-bond donors (Lipinski definition) is 1. The fourth-order valence-electron chi connectivity index (χ4n) is 4.62. The Morgan fingerprint density at radius 2 is 1.91 bits per heavy atom. The average Bonchev–Trinajstić information content (AvgIpc) is 3.32. The molecule has 2 aromatic carbocycles. The summed E-state index contributed by atoms with van der Waals surface area (Å²) in [7, 11) is 0. The van der Waals surface area contributed by atoms with Crippen molar-refractivity contribution in [2.24, 2.45) is 5.92 Å². The Kier molecular flexibility index (Phi) is 6.88. The molecule has 0 bridgehead atoms. The normalized spacial score (nSPS) is 18.2. The van der Waals surface area contributed by atoms with Gasteiger partial charge >= 0.3 is 0 Å². The number of benzene rings is 2. The molecule has 2 amide bonds. The summed E-state index contributed by atoms with van der Waals surface area (Å²) in [5.74, 6) is -0.552. The first-order valence-electron chi connectivity index (χ1n) is 11.7. The van der Waals surface area contributed by atoms with E-state index in [4.69, 9.17) is 4.74 Å². The minimum absolute atomic E-state index is 0.00467. The van der Waals surface area contributed by atoms with Crippen LogP contribution in [0.5, 0.6) is 0 Å². The molecule has 1 fully saturated rings. The standard InChI is InChI=1S/C26H27FN4O3S/c1-35-21-4-2-3-20(13-21)29-25(32)18-9-11-30(12-10-18)26(33)24-22-15-34-23(14-31(22)16-28-24)17-5-7-19(27)8-6-17/h2-8,13,16,18,23H,9-12,14-15H2,1H3,(H,29,32)/t23-/m0/s1. The molecule has 1 aromatic heterocycles. The molecule has 2 aliphatic rings. The van der Waals surface area contributed by atoms with Gasteiger partial charge in [-0.15, -0.1) is 11.8 Å². The summed E-state index contributed by atoms with van der Waals surface area (Å²) in [4.78, 5) is 33.2. The van der Waals surface area contributed by atoms with E-state index in [9.17, 15) is 14.0 Å². The van der Waals surface area contributed by atoms with Crippen molar-refractivity contribution in [3.8, 4) is 0 Å². The van der Waals surface area contributed by atoms with Gasteiger partial charge in [-0.3, -0.25) is 9.59 Å². The second-order valence-corrected chi connectivity index (χ2v) is 9.71. The second-order valence-electron chi connectivity index (χ2n) is 8.83. The first-order chi connectivity index (χ1) is 17.0. The van der Waals surface area contributed by atoms with Crippen molar-refractivity contribution in [1.29, 1.82) is 0 Å². The van der Waals surface area contributed by atoms with Crippen molar-refractivity contribution in [1.82, 2.24) is 14.5 Å². The lowest BCUT2D eigenvalue weighted by molar-refractivity contribution is -0.121. The molecule has 0 saturated carbocycles. The monoisotopic (exact) mass is 494 g/mol. The fraction of sp³-hybridized carbons (Fsp3) is 0.346. The predicted octanol–water partition coefficient (Wildman–Crippen LogP) is 4.51. The summed E-state index contributed by atoms with van der Waals surface area (Å²) in [6, 6.07) is 14.1. The number of hydrogen-bond acceptors (Lipinski definition) is 5. The molecule has 5 rings (SSSR count). The number of fused-ring (bicyclic) bond motifs is 1. The molecule has 182 valence electrons. The number of rotatable bonds is 5. The van der Waals surface area contributed by atoms with E-state index in [0.29, 0.717) is 38.2 Å². The zero-order valence-electron chi connectivity index (χ0n) is 19.4. The number of nitrogens with one attached hydrogen (secondary N) is 1. The van der Waals surface area contributed by atoms with Crippen LogP contribution in [0.15, 0.2) is 59.8 Å². The van der Waals surface area contributed by atoms with Gasteiger partial charge < -0.3 is 19.5 Å². The van der Waals surface area contributed by atoms with Gasteiger partial charge in [-0.25, -0.2) is 9.37 Å². The Morgan fingerprint density at radius 3 is 2.66 bits per heavy atom. The second kappa shape index (κ2) is 10.2. The maximum absolute atomic E-state index is 13.2. The number of aromatic nitrogens is 2. The number of amides is 2. The highest BCUT2D eigenvalue weighted by atomic mass is 32.2. The molecule has 0 unspecified atom stereocenters. The van der Waals surface area contributed by atoms with Crippen LogP contribution in [0, 0.1) is 11.7 Å². The molecule has 3 heterocycles. The van der Waals surface area contributed by atoms with Crippen LogP contribution >= 0.6 is 11.8 Å². The fourth-order valence-corrected chi connectivity index (χ4v) is 5.08. The Bertz CT molecular complexity index is 1220. The van der Waals surface area contributed by atoms with Crippen molar-refractivity contribution >= 4 is 29.3 Å². The van der Waals surface area contributed by atoms with E-state index < -0.39 is 0 Å². The van der Waals surface area contributed by atoms with Crippen LogP contribution in [-0.2, 0) is 22.7 Å². The zero-order chi connectivity index (χ0) is 24.4. The average molecular weight is 495 g/mol. The highest BCUT2D eigenvalue weighted by molar-refractivity contribution is 7.98. The predicted molar refractivity (Wildman–Crippen MR) is 132 cm³/mol. The molecule has 2 aliphatic heterocycles. The summed E-state index contributed by atoms with van der Waals surface area (Å²) >= 11 is 1.63. The van der Waals surface area contributed by atoms with E-state index in [1.807, 2.05) is 35.1 Å². The largest absolute Gasteiger partial charge is 0.365 e. The third kappa shape index (κ3) is 5.11. The number of piperidine rings is 1. The molecule has 9 heteroatoms. The number of carbonyl (C=O) groups is 2. The Morgan fingerprint density at radius 1 is 1.14 bits per heavy atom. The lowest BCUT2D eigenvalue weighted by atomic mass is 9.95. The highest BCUT2D eigenvalue weighted by Gasteiger charge is 2.32. The van der Waals surface area contributed by atoms with Crippen LogP contribution in [0.3, 0.4) is 0 Å². The minimum Gasteiger partial charge on any atom is -0.365 e. The van der Waals surface area contributed by atoms with E-state index in [2.05, 4.69) is 10.3 Å². The van der Waals surface area contributed by atoms with Gasteiger partial charge in [0.25, 0.3) is 5.91 Å². The van der Waals surface area contributed by atoms with E-state index >= 15 is 0 Å². The van der Waals surface area contributed by atoms with Crippen LogP contribution in [-0.4, -0.2) is 45.6 Å². The van der Waals surface area contributed by atoms with E-state index in [1.165, 1.54) is 12.1 Å². The SMILES string of the molecule is CSc1cccc(NC(=O)C2CCN(C(=O)c3ncn4c3CO[C@H](c3ccc(F)cc3)C4)CC2)c1. The third-order valence-corrected chi connectivity index (χ3v) is 7.39. The number of nitrogens with zero attached hydrogens (tertiary/aromatic N) is 3. The maximum Gasteiger partial charge on any atom is 0.274 e. The lowest BCUT2D eigenvalue weighted by Crippen LogP contribution is -2.42. The summed E-state index contributed by atoms with van der Waals surface area (Å²) < 4.78 is 21.2. The topological polar surface area (TPSA) is 76.5 Å². The molecule has 0 spiro atoms. The Hall–Kier alpha value is -3.17. The smallest absolute Gasteiger partial charge is 0.274 e. The number of ether oxygens (including phenoxy) is 1. The minimum atomic E-state index is -0.285. The molecule has 7 nitrogen and oxygen atoms in total. The molecule has 0 aliphatic carbocycles. The molecule has 35 heavy (non-hydrogen) atoms. The molecule has 1 N–H and O–H groups in total. The first kappa shape index (κ1) is 23.6. The summed E-state index contributed by atoms with van der Waals surface area (Å²) in [6.07, 6.45) is 4.68. The summed E-state index contributed by atoms with van der Waals surface area (Å²) in [5, 5.41) is 3.01. The van der Waals surface area contributed by atoms with Crippen LogP contribution in [0.25, 0.3) is 0 Å². The van der Waals surface area contributed by atoms with Gasteiger partial charge in [0.15, 0.2) is 5.69 Å². The number of likely N-dealkylation sites (tertiary alicyclic amines) is 1. The number of anilines is 1. The van der Waals surface area contributed by atoms with Crippen LogP contribution in [0.4, 0.5) is 10.1 Å². The van der Waals surface area contributed by atoms with Crippen LogP contribution in [0.2, 0.25) is 0 Å². The van der Waals surface area contributed by atoms with E-state index in [-0.39, 0.29) is 36.3 Å². The van der Waals surface area contributed by atoms with Gasteiger partial charge in [0.2, 0.25) is 5.91 Å². The van der Waals surface area contributed by atoms with Crippen LogP contribution < -0.4 is 5.32 Å². The third-order valence-electron chi connectivity index (χ3n) is 6.66. The Labute approximate surface area is 207 Å². The molecular formula is C26H27FN4O3S. The Balaban J connectivity index is 1.18.